The zero-order valence-electron chi connectivity index (χ0n) is 8.47. The average Bonchev–Trinajstić information content (AvgIpc) is 2.17. The largest absolute Gasteiger partial charge is 0.462 e. The van der Waals surface area contributed by atoms with Gasteiger partial charge in [-0.3, -0.25) is 0 Å². The Balaban J connectivity index is 0.00000225. The molecule has 16 heavy (non-hydrogen) atoms. The van der Waals surface area contributed by atoms with Crippen molar-refractivity contribution < 1.29 is 22.7 Å². The number of carbonyl (C=O) groups is 1. The van der Waals surface area contributed by atoms with E-state index in [1.165, 1.54) is 19.1 Å². The topological polar surface area (TPSA) is 26.3 Å². The maximum absolute atomic E-state index is 12.4. The first-order valence-electron chi connectivity index (χ1n) is 4.30. The average molecular weight is 252 g/mol. The first-order chi connectivity index (χ1) is 6.96. The van der Waals surface area contributed by atoms with E-state index in [0.717, 1.165) is 12.1 Å². The molecular formula is C10H11F3O2S. The lowest BCUT2D eigenvalue weighted by Gasteiger charge is -2.11. The third-order valence-electron chi connectivity index (χ3n) is 1.73. The van der Waals surface area contributed by atoms with E-state index in [1.807, 2.05) is 0 Å². The lowest BCUT2D eigenvalue weighted by molar-refractivity contribution is -0.138. The van der Waals surface area contributed by atoms with Gasteiger partial charge in [0.2, 0.25) is 0 Å². The molecule has 0 heterocycles. The van der Waals surface area contributed by atoms with Crippen LogP contribution in [0.4, 0.5) is 13.2 Å². The Bertz CT molecular complexity index is 363. The second kappa shape index (κ2) is 5.79. The van der Waals surface area contributed by atoms with Gasteiger partial charge in [-0.1, -0.05) is 12.1 Å². The molecule has 0 bridgehead atoms. The van der Waals surface area contributed by atoms with E-state index in [2.05, 4.69) is 4.74 Å². The van der Waals surface area contributed by atoms with E-state index in [-0.39, 0.29) is 20.1 Å². The molecule has 0 fully saturated rings. The van der Waals surface area contributed by atoms with Crippen molar-refractivity contribution in [2.45, 2.75) is 13.1 Å². The summed E-state index contributed by atoms with van der Waals surface area (Å²) in [5, 5.41) is 0. The summed E-state index contributed by atoms with van der Waals surface area (Å²) in [6.07, 6.45) is -4.54. The molecule has 0 amide bonds. The fourth-order valence-corrected chi connectivity index (χ4v) is 1.12. The summed E-state index contributed by atoms with van der Waals surface area (Å²) in [6.45, 7) is 1.58. The van der Waals surface area contributed by atoms with E-state index >= 15 is 0 Å². The fraction of sp³-hybridized carbons (Fsp3) is 0.300. The van der Waals surface area contributed by atoms with Gasteiger partial charge in [0.25, 0.3) is 0 Å². The summed E-state index contributed by atoms with van der Waals surface area (Å²) in [4.78, 5) is 11.2. The molecule has 2 nitrogen and oxygen atoms in total. The Morgan fingerprint density at radius 1 is 1.31 bits per heavy atom. The first kappa shape index (κ1) is 14.8. The summed E-state index contributed by atoms with van der Waals surface area (Å²) < 4.78 is 41.8. The molecule has 90 valence electrons. The van der Waals surface area contributed by atoms with E-state index in [9.17, 15) is 18.0 Å². The highest BCUT2D eigenvalue weighted by atomic mass is 32.1. The van der Waals surface area contributed by atoms with Crippen molar-refractivity contribution in [3.8, 4) is 0 Å². The molecule has 0 saturated heterocycles. The molecule has 1 aromatic rings. The van der Waals surface area contributed by atoms with Crippen LogP contribution in [0.1, 0.15) is 22.8 Å². The third-order valence-corrected chi connectivity index (χ3v) is 1.73. The van der Waals surface area contributed by atoms with Gasteiger partial charge in [-0.2, -0.15) is 26.7 Å². The van der Waals surface area contributed by atoms with E-state index in [1.54, 1.807) is 0 Å². The monoisotopic (exact) mass is 252 g/mol. The quantitative estimate of drug-likeness (QED) is 0.756. The maximum atomic E-state index is 12.4. The van der Waals surface area contributed by atoms with Gasteiger partial charge in [-0.15, -0.1) is 0 Å². The van der Waals surface area contributed by atoms with Crippen LogP contribution in [0.2, 0.25) is 0 Å². The molecule has 0 aliphatic heterocycles. The molecule has 0 atom stereocenters. The van der Waals surface area contributed by atoms with Crippen LogP contribution in [-0.2, 0) is 10.9 Å². The number of hydrogen-bond acceptors (Lipinski definition) is 2. The lowest BCUT2D eigenvalue weighted by atomic mass is 10.1. The van der Waals surface area contributed by atoms with E-state index < -0.39 is 23.3 Å². The van der Waals surface area contributed by atoms with Crippen LogP contribution >= 0.6 is 13.5 Å². The van der Waals surface area contributed by atoms with Crippen LogP contribution < -0.4 is 0 Å². The Morgan fingerprint density at radius 3 is 2.38 bits per heavy atom. The molecule has 0 spiro atoms. The van der Waals surface area contributed by atoms with Crippen molar-refractivity contribution in [1.29, 1.82) is 0 Å². The number of rotatable bonds is 2. The van der Waals surface area contributed by atoms with Crippen LogP contribution in [0.25, 0.3) is 0 Å². The Morgan fingerprint density at radius 2 is 1.88 bits per heavy atom. The number of benzene rings is 1. The first-order valence-corrected chi connectivity index (χ1v) is 4.30. The van der Waals surface area contributed by atoms with Crippen LogP contribution in [0.5, 0.6) is 0 Å². The summed E-state index contributed by atoms with van der Waals surface area (Å²) in [5.74, 6) is -0.953. The molecular weight excluding hydrogens is 241 g/mol. The predicted molar refractivity (Wildman–Crippen MR) is 57.8 cm³/mol. The highest BCUT2D eigenvalue weighted by Crippen LogP contribution is 2.31. The predicted octanol–water partition coefficient (Wildman–Crippen LogP) is 2.99. The number of halogens is 3. The van der Waals surface area contributed by atoms with Crippen molar-refractivity contribution in [2.75, 3.05) is 6.61 Å². The fourth-order valence-electron chi connectivity index (χ4n) is 1.12. The second-order valence-electron chi connectivity index (χ2n) is 2.76. The smallest absolute Gasteiger partial charge is 0.417 e. The normalized spacial score (nSPS) is 10.5. The molecule has 0 aliphatic rings. The van der Waals surface area contributed by atoms with Crippen LogP contribution in [-0.4, -0.2) is 12.6 Å². The molecule has 0 aromatic heterocycles. The zero-order valence-corrected chi connectivity index (χ0v) is 9.47. The SMILES string of the molecule is CCOC(=O)c1ccccc1C(F)(F)F.S. The lowest BCUT2D eigenvalue weighted by Crippen LogP contribution is -2.14. The van der Waals surface area contributed by atoms with Gasteiger partial charge in [-0.25, -0.2) is 4.79 Å². The maximum Gasteiger partial charge on any atom is 0.417 e. The summed E-state index contributed by atoms with van der Waals surface area (Å²) in [7, 11) is 0. The van der Waals surface area contributed by atoms with Crippen molar-refractivity contribution in [1.82, 2.24) is 0 Å². The van der Waals surface area contributed by atoms with Gasteiger partial charge in [0, 0.05) is 0 Å². The minimum atomic E-state index is -4.54. The Labute approximate surface area is 97.9 Å². The number of carbonyl (C=O) groups excluding carboxylic acids is 1. The van der Waals surface area contributed by atoms with Gasteiger partial charge in [0.05, 0.1) is 17.7 Å². The number of alkyl halides is 3. The molecule has 0 N–H and O–H groups in total. The summed E-state index contributed by atoms with van der Waals surface area (Å²) in [6, 6.07) is 4.54. The Hall–Kier alpha value is -1.17. The molecule has 0 saturated carbocycles. The van der Waals surface area contributed by atoms with Crippen molar-refractivity contribution in [3.63, 3.8) is 0 Å². The van der Waals surface area contributed by atoms with Crippen LogP contribution in [0, 0.1) is 0 Å². The molecule has 0 aliphatic carbocycles. The Kier molecular flexibility index (Phi) is 5.37. The molecule has 0 radical (unpaired) electrons. The van der Waals surface area contributed by atoms with E-state index in [4.69, 9.17) is 0 Å². The van der Waals surface area contributed by atoms with Gasteiger partial charge in [0.1, 0.15) is 0 Å². The van der Waals surface area contributed by atoms with E-state index in [0.29, 0.717) is 0 Å². The number of ether oxygens (including phenoxy) is 1. The van der Waals surface area contributed by atoms with Gasteiger partial charge in [-0.05, 0) is 19.1 Å². The minimum absolute atomic E-state index is 0. The number of esters is 1. The minimum Gasteiger partial charge on any atom is -0.462 e. The molecule has 1 rings (SSSR count). The highest BCUT2D eigenvalue weighted by Gasteiger charge is 2.35. The van der Waals surface area contributed by atoms with Crippen LogP contribution in [0.3, 0.4) is 0 Å². The summed E-state index contributed by atoms with van der Waals surface area (Å²) in [5.41, 5.74) is -1.42. The van der Waals surface area contributed by atoms with Crippen molar-refractivity contribution >= 4 is 19.5 Å². The van der Waals surface area contributed by atoms with Gasteiger partial charge < -0.3 is 4.74 Å². The van der Waals surface area contributed by atoms with Crippen molar-refractivity contribution in [3.05, 3.63) is 35.4 Å². The third kappa shape index (κ3) is 3.44. The van der Waals surface area contributed by atoms with Crippen molar-refractivity contribution in [2.24, 2.45) is 0 Å². The highest BCUT2D eigenvalue weighted by molar-refractivity contribution is 7.59. The van der Waals surface area contributed by atoms with Gasteiger partial charge in [0.15, 0.2) is 0 Å². The number of hydrogen-bond donors (Lipinski definition) is 0. The second-order valence-corrected chi connectivity index (χ2v) is 2.76. The standard InChI is InChI=1S/C10H9F3O2.H2S/c1-2-15-9(14)7-5-3-4-6-8(7)10(11,12)13;/h3-6H,2H2,1H3;1H2. The van der Waals surface area contributed by atoms with Gasteiger partial charge >= 0.3 is 12.1 Å². The molecule has 1 aromatic carbocycles. The molecule has 0 unspecified atom stereocenters. The molecule has 6 heteroatoms. The van der Waals surface area contributed by atoms with Crippen LogP contribution in [0.15, 0.2) is 24.3 Å². The zero-order chi connectivity index (χ0) is 11.5. The summed E-state index contributed by atoms with van der Waals surface area (Å²) >= 11 is 0.